The van der Waals surface area contributed by atoms with E-state index < -0.39 is 0 Å². The molecule has 21 heavy (non-hydrogen) atoms. The van der Waals surface area contributed by atoms with Crippen molar-refractivity contribution in [1.82, 2.24) is 14.9 Å². The first-order valence-electron chi connectivity index (χ1n) is 7.02. The molecule has 0 atom stereocenters. The summed E-state index contributed by atoms with van der Waals surface area (Å²) in [4.78, 5) is 16.8. The zero-order valence-corrected chi connectivity index (χ0v) is 12.8. The van der Waals surface area contributed by atoms with Gasteiger partial charge in [-0.2, -0.15) is 0 Å². The smallest absolute Gasteiger partial charge is 0.253 e. The lowest BCUT2D eigenvalue weighted by Gasteiger charge is -2.20. The van der Waals surface area contributed by atoms with E-state index in [4.69, 9.17) is 0 Å². The summed E-state index contributed by atoms with van der Waals surface area (Å²) in [5, 5.41) is 4.07. The molecule has 0 bridgehead atoms. The number of hydrogen-bond acceptors (Lipinski definition) is 2. The minimum Gasteiger partial charge on any atom is -0.347 e. The zero-order valence-electron chi connectivity index (χ0n) is 12.8. The van der Waals surface area contributed by atoms with Crippen LogP contribution in [0.1, 0.15) is 31.1 Å². The summed E-state index contributed by atoms with van der Waals surface area (Å²) in [6.45, 7) is 5.90. The number of nitrogens with zero attached hydrogens (tertiary/aromatic N) is 2. The molecule has 2 heterocycles. The molecule has 0 unspecified atom stereocenters. The first-order chi connectivity index (χ1) is 9.87. The fourth-order valence-electron chi connectivity index (χ4n) is 2.55. The van der Waals surface area contributed by atoms with Gasteiger partial charge in [0.1, 0.15) is 0 Å². The molecule has 0 fully saturated rings. The van der Waals surface area contributed by atoms with E-state index in [1.165, 1.54) is 0 Å². The fourth-order valence-corrected chi connectivity index (χ4v) is 2.55. The van der Waals surface area contributed by atoms with Gasteiger partial charge in [-0.1, -0.05) is 18.2 Å². The third kappa shape index (κ3) is 2.37. The molecule has 0 saturated carbocycles. The standard InChI is InChI=1S/C17H19N3O/c1-17(2,3)19-16(21)11-9-14-15(18-10-11)12-7-5-6-8-13(12)20(14)4/h5-10H,1-4H3,(H,19,21). The van der Waals surface area contributed by atoms with Crippen molar-refractivity contribution in [2.45, 2.75) is 26.3 Å². The molecular formula is C17H19N3O. The Morgan fingerprint density at radius 3 is 2.62 bits per heavy atom. The number of amides is 1. The highest BCUT2D eigenvalue weighted by molar-refractivity contribution is 6.07. The van der Waals surface area contributed by atoms with E-state index in [1.807, 2.05) is 46.0 Å². The van der Waals surface area contributed by atoms with Crippen LogP contribution in [0.15, 0.2) is 36.5 Å². The second-order valence-electron chi connectivity index (χ2n) is 6.37. The number of para-hydroxylation sites is 1. The topological polar surface area (TPSA) is 46.9 Å². The maximum Gasteiger partial charge on any atom is 0.253 e. The summed E-state index contributed by atoms with van der Waals surface area (Å²) in [7, 11) is 2.00. The quantitative estimate of drug-likeness (QED) is 0.744. The van der Waals surface area contributed by atoms with Crippen LogP contribution in [-0.2, 0) is 7.05 Å². The van der Waals surface area contributed by atoms with Crippen molar-refractivity contribution in [3.63, 3.8) is 0 Å². The number of nitrogens with one attached hydrogen (secondary N) is 1. The molecule has 0 saturated heterocycles. The van der Waals surface area contributed by atoms with Crippen LogP contribution in [0.5, 0.6) is 0 Å². The number of aromatic nitrogens is 2. The van der Waals surface area contributed by atoms with E-state index in [2.05, 4.69) is 27.0 Å². The van der Waals surface area contributed by atoms with Crippen molar-refractivity contribution in [3.05, 3.63) is 42.1 Å². The summed E-state index contributed by atoms with van der Waals surface area (Å²) in [6, 6.07) is 10.0. The Morgan fingerprint density at radius 2 is 1.90 bits per heavy atom. The zero-order chi connectivity index (χ0) is 15.2. The van der Waals surface area contributed by atoms with E-state index >= 15 is 0 Å². The lowest BCUT2D eigenvalue weighted by Crippen LogP contribution is -2.40. The first-order valence-corrected chi connectivity index (χ1v) is 7.02. The molecule has 4 nitrogen and oxygen atoms in total. The van der Waals surface area contributed by atoms with Crippen LogP contribution in [0, 0.1) is 0 Å². The van der Waals surface area contributed by atoms with Crippen molar-refractivity contribution in [2.24, 2.45) is 7.05 Å². The summed E-state index contributed by atoms with van der Waals surface area (Å²) < 4.78 is 2.07. The fraction of sp³-hybridized carbons (Fsp3) is 0.294. The third-order valence-corrected chi connectivity index (χ3v) is 3.50. The van der Waals surface area contributed by atoms with Gasteiger partial charge in [0.15, 0.2) is 0 Å². The number of pyridine rings is 1. The summed E-state index contributed by atoms with van der Waals surface area (Å²) in [5.41, 5.74) is 3.35. The molecule has 2 aromatic heterocycles. The van der Waals surface area contributed by atoms with E-state index in [1.54, 1.807) is 6.20 Å². The van der Waals surface area contributed by atoms with Crippen LogP contribution in [-0.4, -0.2) is 21.0 Å². The molecule has 0 aliphatic heterocycles. The van der Waals surface area contributed by atoms with Crippen molar-refractivity contribution in [3.8, 4) is 0 Å². The van der Waals surface area contributed by atoms with Gasteiger partial charge in [0.25, 0.3) is 5.91 Å². The maximum absolute atomic E-state index is 12.3. The number of hydrogen-bond donors (Lipinski definition) is 1. The van der Waals surface area contributed by atoms with Gasteiger partial charge in [0, 0.05) is 24.2 Å². The Bertz CT molecular complexity index is 840. The molecule has 3 aromatic rings. The van der Waals surface area contributed by atoms with Crippen LogP contribution >= 0.6 is 0 Å². The number of aryl methyl sites for hydroxylation is 1. The van der Waals surface area contributed by atoms with Crippen LogP contribution in [0.2, 0.25) is 0 Å². The molecule has 3 rings (SSSR count). The summed E-state index contributed by atoms with van der Waals surface area (Å²) >= 11 is 0. The highest BCUT2D eigenvalue weighted by Crippen LogP contribution is 2.26. The maximum atomic E-state index is 12.3. The Balaban J connectivity index is 2.15. The molecule has 4 heteroatoms. The predicted octanol–water partition coefficient (Wildman–Crippen LogP) is 3.25. The lowest BCUT2D eigenvalue weighted by molar-refractivity contribution is 0.0919. The van der Waals surface area contributed by atoms with Crippen LogP contribution < -0.4 is 5.32 Å². The van der Waals surface area contributed by atoms with E-state index in [9.17, 15) is 4.79 Å². The number of benzene rings is 1. The van der Waals surface area contributed by atoms with Crippen molar-refractivity contribution in [1.29, 1.82) is 0 Å². The Labute approximate surface area is 123 Å². The molecular weight excluding hydrogens is 262 g/mol. The second kappa shape index (κ2) is 4.58. The molecule has 1 N–H and O–H groups in total. The van der Waals surface area contributed by atoms with Gasteiger partial charge in [-0.15, -0.1) is 0 Å². The lowest BCUT2D eigenvalue weighted by atomic mass is 10.1. The van der Waals surface area contributed by atoms with Crippen LogP contribution in [0.3, 0.4) is 0 Å². The van der Waals surface area contributed by atoms with E-state index in [0.717, 1.165) is 21.9 Å². The molecule has 0 spiro atoms. The summed E-state index contributed by atoms with van der Waals surface area (Å²) in [6.07, 6.45) is 1.65. The van der Waals surface area contributed by atoms with E-state index in [-0.39, 0.29) is 11.4 Å². The van der Waals surface area contributed by atoms with Gasteiger partial charge in [-0.25, -0.2) is 0 Å². The highest BCUT2D eigenvalue weighted by Gasteiger charge is 2.17. The minimum absolute atomic E-state index is 0.0952. The van der Waals surface area contributed by atoms with Crippen molar-refractivity contribution < 1.29 is 4.79 Å². The number of fused-ring (bicyclic) bond motifs is 3. The van der Waals surface area contributed by atoms with Gasteiger partial charge >= 0.3 is 0 Å². The molecule has 108 valence electrons. The predicted molar refractivity (Wildman–Crippen MR) is 85.4 cm³/mol. The van der Waals surface area contributed by atoms with Crippen molar-refractivity contribution >= 4 is 27.8 Å². The van der Waals surface area contributed by atoms with Crippen LogP contribution in [0.4, 0.5) is 0 Å². The average Bonchev–Trinajstić information content (AvgIpc) is 2.71. The van der Waals surface area contributed by atoms with Gasteiger partial charge < -0.3 is 9.88 Å². The van der Waals surface area contributed by atoms with Gasteiger partial charge in [0.2, 0.25) is 0 Å². The number of carbonyl (C=O) groups is 1. The van der Waals surface area contributed by atoms with Gasteiger partial charge in [0.05, 0.1) is 22.1 Å². The molecule has 1 amide bonds. The normalized spacial score (nSPS) is 12.0. The minimum atomic E-state index is -0.259. The third-order valence-electron chi connectivity index (χ3n) is 3.50. The number of carbonyl (C=O) groups excluding carboxylic acids is 1. The SMILES string of the molecule is Cn1c2ccccc2c2ncc(C(=O)NC(C)(C)C)cc21. The Morgan fingerprint density at radius 1 is 1.19 bits per heavy atom. The summed E-state index contributed by atoms with van der Waals surface area (Å²) in [5.74, 6) is -0.0952. The largest absolute Gasteiger partial charge is 0.347 e. The van der Waals surface area contributed by atoms with E-state index in [0.29, 0.717) is 5.56 Å². The van der Waals surface area contributed by atoms with Gasteiger partial charge in [-0.3, -0.25) is 9.78 Å². The average molecular weight is 281 g/mol. The molecule has 0 radical (unpaired) electrons. The van der Waals surface area contributed by atoms with Crippen molar-refractivity contribution in [2.75, 3.05) is 0 Å². The first kappa shape index (κ1) is 13.6. The highest BCUT2D eigenvalue weighted by atomic mass is 16.1. The molecule has 1 aromatic carbocycles. The number of rotatable bonds is 1. The van der Waals surface area contributed by atoms with Crippen LogP contribution in [0.25, 0.3) is 21.9 Å². The Hall–Kier alpha value is -2.36. The molecule has 0 aliphatic rings. The second-order valence-corrected chi connectivity index (χ2v) is 6.37. The molecule has 0 aliphatic carbocycles. The van der Waals surface area contributed by atoms with Gasteiger partial charge in [-0.05, 0) is 32.9 Å². The monoisotopic (exact) mass is 281 g/mol. The Kier molecular flexibility index (Phi) is 2.97.